The fourth-order valence-corrected chi connectivity index (χ4v) is 3.79. The third-order valence-corrected chi connectivity index (χ3v) is 5.23. The molecule has 1 saturated heterocycles. The van der Waals surface area contributed by atoms with Crippen LogP contribution in [0.25, 0.3) is 11.3 Å². The predicted molar refractivity (Wildman–Crippen MR) is 98.8 cm³/mol. The van der Waals surface area contributed by atoms with Crippen molar-refractivity contribution in [3.63, 3.8) is 0 Å². The summed E-state index contributed by atoms with van der Waals surface area (Å²) in [6.45, 7) is 1.71. The largest absolute Gasteiger partial charge is 0.346 e. The fourth-order valence-electron chi connectivity index (χ4n) is 3.11. The zero-order chi connectivity index (χ0) is 17.2. The number of anilines is 1. The number of benzene rings is 1. The van der Waals surface area contributed by atoms with Crippen LogP contribution in [0.5, 0.6) is 0 Å². The highest BCUT2D eigenvalue weighted by atomic mass is 32.1. The maximum absolute atomic E-state index is 12.7. The Morgan fingerprint density at radius 1 is 1.32 bits per heavy atom. The Balaban J connectivity index is 1.44. The van der Waals surface area contributed by atoms with E-state index in [2.05, 4.69) is 20.3 Å². The van der Waals surface area contributed by atoms with E-state index in [1.54, 1.807) is 23.1 Å². The van der Waals surface area contributed by atoms with Gasteiger partial charge >= 0.3 is 0 Å². The van der Waals surface area contributed by atoms with Crippen molar-refractivity contribution in [2.75, 3.05) is 18.0 Å². The molecular formula is C18H19N5OS. The van der Waals surface area contributed by atoms with Gasteiger partial charge in [0.1, 0.15) is 5.69 Å². The van der Waals surface area contributed by atoms with E-state index >= 15 is 0 Å². The van der Waals surface area contributed by atoms with Crippen molar-refractivity contribution >= 4 is 22.4 Å². The zero-order valence-electron chi connectivity index (χ0n) is 13.9. The molecule has 1 aliphatic rings. The predicted octanol–water partition coefficient (Wildman–Crippen LogP) is 2.55. The van der Waals surface area contributed by atoms with E-state index in [0.717, 1.165) is 35.9 Å². The Bertz CT molecular complexity index is 859. The Hall–Kier alpha value is -2.67. The number of amides is 1. The van der Waals surface area contributed by atoms with E-state index in [1.807, 2.05) is 48.0 Å². The molecule has 4 rings (SSSR count). The van der Waals surface area contributed by atoms with E-state index in [4.69, 9.17) is 0 Å². The van der Waals surface area contributed by atoms with Crippen molar-refractivity contribution in [3.8, 4) is 11.3 Å². The summed E-state index contributed by atoms with van der Waals surface area (Å²) >= 11 is 1.63. The zero-order valence-corrected chi connectivity index (χ0v) is 14.7. The van der Waals surface area contributed by atoms with Crippen LogP contribution in [0.15, 0.2) is 48.0 Å². The van der Waals surface area contributed by atoms with Gasteiger partial charge < -0.3 is 10.2 Å². The van der Waals surface area contributed by atoms with Gasteiger partial charge in [0.2, 0.25) is 0 Å². The smallest absolute Gasteiger partial charge is 0.269 e. The summed E-state index contributed by atoms with van der Waals surface area (Å²) in [5.74, 6) is -0.0804. The number of nitrogens with one attached hydrogen (secondary N) is 1. The van der Waals surface area contributed by atoms with Crippen molar-refractivity contribution in [2.45, 2.75) is 12.5 Å². The molecule has 1 atom stereocenters. The summed E-state index contributed by atoms with van der Waals surface area (Å²) in [7, 11) is 1.80. The summed E-state index contributed by atoms with van der Waals surface area (Å²) in [6.07, 6.45) is 2.74. The number of hydrogen-bond donors (Lipinski definition) is 1. The summed E-state index contributed by atoms with van der Waals surface area (Å²) in [6, 6.07) is 11.9. The number of thiazole rings is 1. The van der Waals surface area contributed by atoms with Gasteiger partial charge in [0.15, 0.2) is 5.13 Å². The topological polar surface area (TPSA) is 63.1 Å². The molecule has 3 heterocycles. The van der Waals surface area contributed by atoms with Crippen LogP contribution in [-0.2, 0) is 7.05 Å². The second kappa shape index (κ2) is 6.68. The minimum Gasteiger partial charge on any atom is -0.346 e. The molecule has 7 heteroatoms. The molecule has 2 aromatic heterocycles. The lowest BCUT2D eigenvalue weighted by Gasteiger charge is -2.15. The number of carbonyl (C=O) groups excluding carboxylic acids is 1. The van der Waals surface area contributed by atoms with Gasteiger partial charge in [-0.15, -0.1) is 11.3 Å². The molecule has 1 fully saturated rings. The van der Waals surface area contributed by atoms with E-state index in [-0.39, 0.29) is 11.9 Å². The van der Waals surface area contributed by atoms with Crippen LogP contribution < -0.4 is 10.2 Å². The van der Waals surface area contributed by atoms with Gasteiger partial charge in [0.05, 0.1) is 5.69 Å². The normalized spacial score (nSPS) is 17.0. The lowest BCUT2D eigenvalue weighted by Crippen LogP contribution is -2.37. The average molecular weight is 353 g/mol. The first-order valence-electron chi connectivity index (χ1n) is 8.25. The van der Waals surface area contributed by atoms with Gasteiger partial charge in [-0.3, -0.25) is 9.48 Å². The average Bonchev–Trinajstić information content (AvgIpc) is 3.35. The molecule has 1 aliphatic heterocycles. The Morgan fingerprint density at radius 3 is 2.92 bits per heavy atom. The minimum absolute atomic E-state index is 0.0804. The minimum atomic E-state index is -0.0804. The second-order valence-electron chi connectivity index (χ2n) is 6.12. The molecule has 1 aromatic carbocycles. The van der Waals surface area contributed by atoms with Crippen LogP contribution in [0.2, 0.25) is 0 Å². The molecule has 0 spiro atoms. The number of aromatic nitrogens is 3. The van der Waals surface area contributed by atoms with Crippen molar-refractivity contribution in [1.29, 1.82) is 0 Å². The van der Waals surface area contributed by atoms with Crippen molar-refractivity contribution in [3.05, 3.63) is 53.7 Å². The highest BCUT2D eigenvalue weighted by Crippen LogP contribution is 2.23. The Kier molecular flexibility index (Phi) is 4.23. The van der Waals surface area contributed by atoms with Gasteiger partial charge in [-0.25, -0.2) is 4.98 Å². The molecule has 1 unspecified atom stereocenters. The van der Waals surface area contributed by atoms with Crippen molar-refractivity contribution in [2.24, 2.45) is 7.05 Å². The number of nitrogens with zero attached hydrogens (tertiary/aromatic N) is 4. The van der Waals surface area contributed by atoms with E-state index in [0.29, 0.717) is 5.69 Å². The van der Waals surface area contributed by atoms with E-state index in [9.17, 15) is 4.79 Å². The van der Waals surface area contributed by atoms with Crippen molar-refractivity contribution in [1.82, 2.24) is 20.1 Å². The lowest BCUT2D eigenvalue weighted by molar-refractivity contribution is 0.0931. The molecule has 0 radical (unpaired) electrons. The fraction of sp³-hybridized carbons (Fsp3) is 0.278. The molecular weight excluding hydrogens is 334 g/mol. The Morgan fingerprint density at radius 2 is 2.16 bits per heavy atom. The second-order valence-corrected chi connectivity index (χ2v) is 7.00. The number of aryl methyl sites for hydroxylation is 1. The molecule has 1 N–H and O–H groups in total. The highest BCUT2D eigenvalue weighted by Gasteiger charge is 2.26. The van der Waals surface area contributed by atoms with Gasteiger partial charge in [0, 0.05) is 43.3 Å². The number of rotatable bonds is 4. The molecule has 25 heavy (non-hydrogen) atoms. The highest BCUT2D eigenvalue weighted by molar-refractivity contribution is 7.13. The first-order valence-corrected chi connectivity index (χ1v) is 9.13. The van der Waals surface area contributed by atoms with Crippen LogP contribution in [0.4, 0.5) is 5.13 Å². The molecule has 1 amide bonds. The molecule has 3 aromatic rings. The SMILES string of the molecule is Cn1nc(-c2ccccc2)cc1C(=O)NC1CCN(c2nccs2)C1. The number of carbonyl (C=O) groups is 1. The maximum Gasteiger partial charge on any atom is 0.269 e. The van der Waals surface area contributed by atoms with Gasteiger partial charge in [-0.1, -0.05) is 30.3 Å². The first-order chi connectivity index (χ1) is 12.2. The summed E-state index contributed by atoms with van der Waals surface area (Å²) in [4.78, 5) is 19.2. The van der Waals surface area contributed by atoms with Crippen LogP contribution in [-0.4, -0.2) is 39.8 Å². The molecule has 6 nitrogen and oxygen atoms in total. The molecule has 128 valence electrons. The third-order valence-electron chi connectivity index (χ3n) is 4.40. The van der Waals surface area contributed by atoms with Gasteiger partial charge in [-0.2, -0.15) is 5.10 Å². The Labute approximate surface area is 150 Å². The lowest BCUT2D eigenvalue weighted by atomic mass is 10.1. The molecule has 0 bridgehead atoms. The van der Waals surface area contributed by atoms with Crippen LogP contribution in [0.1, 0.15) is 16.9 Å². The quantitative estimate of drug-likeness (QED) is 0.783. The van der Waals surface area contributed by atoms with Crippen LogP contribution in [0, 0.1) is 0 Å². The van der Waals surface area contributed by atoms with Crippen LogP contribution >= 0.6 is 11.3 Å². The summed E-state index contributed by atoms with van der Waals surface area (Å²) in [5, 5.41) is 10.6. The monoisotopic (exact) mass is 353 g/mol. The molecule has 0 saturated carbocycles. The van der Waals surface area contributed by atoms with Crippen LogP contribution in [0.3, 0.4) is 0 Å². The van der Waals surface area contributed by atoms with Gasteiger partial charge in [0.25, 0.3) is 5.91 Å². The van der Waals surface area contributed by atoms with Gasteiger partial charge in [-0.05, 0) is 12.5 Å². The maximum atomic E-state index is 12.7. The summed E-state index contributed by atoms with van der Waals surface area (Å²) < 4.78 is 1.64. The van der Waals surface area contributed by atoms with E-state index < -0.39 is 0 Å². The summed E-state index contributed by atoms with van der Waals surface area (Å²) in [5.41, 5.74) is 2.39. The molecule has 0 aliphatic carbocycles. The third kappa shape index (κ3) is 3.28. The number of hydrogen-bond acceptors (Lipinski definition) is 5. The van der Waals surface area contributed by atoms with Crippen molar-refractivity contribution < 1.29 is 4.79 Å². The first kappa shape index (κ1) is 15.8. The van der Waals surface area contributed by atoms with E-state index in [1.165, 1.54) is 0 Å². The standard InChI is InChI=1S/C18H19N5OS/c1-22-16(11-15(21-22)13-5-3-2-4-6-13)17(24)20-14-7-9-23(12-14)18-19-8-10-25-18/h2-6,8,10-11,14H,7,9,12H2,1H3,(H,20,24).